The van der Waals surface area contributed by atoms with Crippen LogP contribution in [0.5, 0.6) is 5.75 Å². The van der Waals surface area contributed by atoms with Crippen LogP contribution in [-0.2, 0) is 11.3 Å². The summed E-state index contributed by atoms with van der Waals surface area (Å²) in [6.45, 7) is 2.58. The van der Waals surface area contributed by atoms with Crippen molar-refractivity contribution in [1.82, 2.24) is 0 Å². The first-order valence-electron chi connectivity index (χ1n) is 6.32. The highest BCUT2D eigenvalue weighted by Crippen LogP contribution is 2.18. The highest BCUT2D eigenvalue weighted by Gasteiger charge is 2.08. The van der Waals surface area contributed by atoms with Crippen molar-refractivity contribution in [3.8, 4) is 5.75 Å². The maximum Gasteiger partial charge on any atom is 0.123 e. The molecule has 1 aromatic carbocycles. The molecule has 3 nitrogen and oxygen atoms in total. The molecule has 2 rings (SSSR count). The van der Waals surface area contributed by atoms with Crippen molar-refractivity contribution in [2.24, 2.45) is 0 Å². The van der Waals surface area contributed by atoms with E-state index in [1.807, 2.05) is 17.5 Å². The molecule has 0 radical (unpaired) electrons. The molecule has 20 heavy (non-hydrogen) atoms. The molecule has 1 heterocycles. The molecule has 1 N–H and O–H groups in total. The molecule has 0 saturated heterocycles. The number of aryl methyl sites for hydroxylation is 1. The van der Waals surface area contributed by atoms with Crippen LogP contribution in [0.4, 0.5) is 4.39 Å². The van der Waals surface area contributed by atoms with Crippen molar-refractivity contribution in [2.45, 2.75) is 19.6 Å². The van der Waals surface area contributed by atoms with Gasteiger partial charge >= 0.3 is 0 Å². The lowest BCUT2D eigenvalue weighted by Crippen LogP contribution is -2.23. The summed E-state index contributed by atoms with van der Waals surface area (Å²) in [4.78, 5) is 1.12. The van der Waals surface area contributed by atoms with E-state index in [0.29, 0.717) is 17.9 Å². The third-order valence-corrected chi connectivity index (χ3v) is 3.55. The van der Waals surface area contributed by atoms with Gasteiger partial charge in [-0.1, -0.05) is 6.07 Å². The lowest BCUT2D eigenvalue weighted by atomic mass is 10.2. The summed E-state index contributed by atoms with van der Waals surface area (Å²) >= 11 is 1.61. The molecule has 1 aromatic heterocycles. The summed E-state index contributed by atoms with van der Waals surface area (Å²) in [6, 6.07) is 8.23. The number of aliphatic hydroxyl groups excluding tert-OH is 1. The van der Waals surface area contributed by atoms with Gasteiger partial charge in [0.05, 0.1) is 13.2 Å². The minimum absolute atomic E-state index is 0.122. The number of benzene rings is 1. The number of rotatable bonds is 7. The van der Waals surface area contributed by atoms with E-state index in [2.05, 4.69) is 0 Å². The molecule has 0 aliphatic carbocycles. The first kappa shape index (κ1) is 15.0. The van der Waals surface area contributed by atoms with Gasteiger partial charge in [-0.15, -0.1) is 11.3 Å². The van der Waals surface area contributed by atoms with Gasteiger partial charge in [0.25, 0.3) is 0 Å². The van der Waals surface area contributed by atoms with Crippen LogP contribution < -0.4 is 4.74 Å². The monoisotopic (exact) mass is 296 g/mol. The van der Waals surface area contributed by atoms with Crippen LogP contribution in [-0.4, -0.2) is 24.4 Å². The van der Waals surface area contributed by atoms with Gasteiger partial charge in [-0.25, -0.2) is 4.39 Å². The van der Waals surface area contributed by atoms with E-state index < -0.39 is 6.10 Å². The summed E-state index contributed by atoms with van der Waals surface area (Å²) in [7, 11) is 0. The molecule has 1 unspecified atom stereocenters. The van der Waals surface area contributed by atoms with Crippen LogP contribution >= 0.6 is 11.3 Å². The zero-order valence-electron chi connectivity index (χ0n) is 11.2. The molecule has 1 atom stereocenters. The van der Waals surface area contributed by atoms with Gasteiger partial charge in [0.2, 0.25) is 0 Å². The Morgan fingerprint density at radius 1 is 1.30 bits per heavy atom. The van der Waals surface area contributed by atoms with E-state index in [-0.39, 0.29) is 19.0 Å². The molecular formula is C15H17FO3S. The van der Waals surface area contributed by atoms with E-state index in [9.17, 15) is 9.50 Å². The Kier molecular flexibility index (Phi) is 5.52. The predicted octanol–water partition coefficient (Wildman–Crippen LogP) is 3.15. The van der Waals surface area contributed by atoms with Crippen LogP contribution in [0.15, 0.2) is 35.7 Å². The van der Waals surface area contributed by atoms with Crippen LogP contribution in [0.1, 0.15) is 10.4 Å². The summed E-state index contributed by atoms with van der Waals surface area (Å²) in [6.07, 6.45) is -0.709. The summed E-state index contributed by atoms with van der Waals surface area (Å²) in [5.74, 6) is 0.276. The van der Waals surface area contributed by atoms with Crippen LogP contribution in [0.2, 0.25) is 0 Å². The van der Waals surface area contributed by atoms with Gasteiger partial charge in [0, 0.05) is 4.88 Å². The van der Waals surface area contributed by atoms with E-state index in [1.165, 1.54) is 12.1 Å². The minimum atomic E-state index is -0.709. The van der Waals surface area contributed by atoms with Gasteiger partial charge in [0.1, 0.15) is 24.3 Å². The van der Waals surface area contributed by atoms with Crippen molar-refractivity contribution in [2.75, 3.05) is 13.2 Å². The van der Waals surface area contributed by atoms with Crippen molar-refractivity contribution in [3.05, 3.63) is 52.0 Å². The summed E-state index contributed by atoms with van der Waals surface area (Å²) in [5, 5.41) is 11.7. The standard InChI is InChI=1S/C15H17FO3S/c1-11-7-12(16)4-5-15(11)19-9-13(17)8-18-10-14-3-2-6-20-14/h2-7,13,17H,8-10H2,1H3. The highest BCUT2D eigenvalue weighted by molar-refractivity contribution is 7.09. The number of hydrogen-bond donors (Lipinski definition) is 1. The molecule has 5 heteroatoms. The van der Waals surface area contributed by atoms with E-state index in [0.717, 1.165) is 4.88 Å². The SMILES string of the molecule is Cc1cc(F)ccc1OCC(O)COCc1cccs1. The number of ether oxygens (including phenoxy) is 2. The molecular weight excluding hydrogens is 279 g/mol. The number of hydrogen-bond acceptors (Lipinski definition) is 4. The Morgan fingerprint density at radius 3 is 2.85 bits per heavy atom. The molecule has 0 amide bonds. The zero-order valence-corrected chi connectivity index (χ0v) is 12.0. The van der Waals surface area contributed by atoms with Crippen LogP contribution in [0.25, 0.3) is 0 Å². The van der Waals surface area contributed by atoms with E-state index >= 15 is 0 Å². The fraction of sp³-hybridized carbons (Fsp3) is 0.333. The molecule has 0 aliphatic rings. The molecule has 2 aromatic rings. The quantitative estimate of drug-likeness (QED) is 0.853. The Morgan fingerprint density at radius 2 is 2.15 bits per heavy atom. The van der Waals surface area contributed by atoms with Crippen molar-refractivity contribution in [1.29, 1.82) is 0 Å². The smallest absolute Gasteiger partial charge is 0.123 e. The molecule has 0 saturated carbocycles. The predicted molar refractivity (Wildman–Crippen MR) is 76.6 cm³/mol. The minimum Gasteiger partial charge on any atom is -0.491 e. The second-order valence-electron chi connectivity index (χ2n) is 4.47. The highest BCUT2D eigenvalue weighted by atomic mass is 32.1. The molecule has 108 valence electrons. The van der Waals surface area contributed by atoms with E-state index in [1.54, 1.807) is 24.3 Å². The van der Waals surface area contributed by atoms with E-state index in [4.69, 9.17) is 9.47 Å². The van der Waals surface area contributed by atoms with Gasteiger partial charge in [-0.05, 0) is 42.1 Å². The average Bonchev–Trinajstić information content (AvgIpc) is 2.91. The Labute approximate surface area is 121 Å². The van der Waals surface area contributed by atoms with Gasteiger partial charge in [0.15, 0.2) is 0 Å². The van der Waals surface area contributed by atoms with Crippen molar-refractivity contribution in [3.63, 3.8) is 0 Å². The maximum atomic E-state index is 12.9. The topological polar surface area (TPSA) is 38.7 Å². The lowest BCUT2D eigenvalue weighted by molar-refractivity contribution is 0.00612. The van der Waals surface area contributed by atoms with Crippen LogP contribution in [0.3, 0.4) is 0 Å². The summed E-state index contributed by atoms with van der Waals surface area (Å²) in [5.41, 5.74) is 0.705. The molecule has 0 spiro atoms. The Hall–Kier alpha value is -1.43. The number of halogens is 1. The van der Waals surface area contributed by atoms with Crippen molar-refractivity contribution < 1.29 is 19.0 Å². The maximum absolute atomic E-state index is 12.9. The first-order chi connectivity index (χ1) is 9.65. The first-order valence-corrected chi connectivity index (χ1v) is 7.20. The molecule has 0 bridgehead atoms. The fourth-order valence-corrected chi connectivity index (χ4v) is 2.34. The third kappa shape index (κ3) is 4.59. The lowest BCUT2D eigenvalue weighted by Gasteiger charge is -2.14. The third-order valence-electron chi connectivity index (χ3n) is 2.70. The van der Waals surface area contributed by atoms with Crippen molar-refractivity contribution >= 4 is 11.3 Å². The number of aliphatic hydroxyl groups is 1. The second kappa shape index (κ2) is 7.38. The van der Waals surface area contributed by atoms with Crippen LogP contribution in [0, 0.1) is 12.7 Å². The Balaban J connectivity index is 1.70. The van der Waals surface area contributed by atoms with Gasteiger partial charge < -0.3 is 14.6 Å². The zero-order chi connectivity index (χ0) is 14.4. The molecule has 0 fully saturated rings. The normalized spacial score (nSPS) is 12.3. The largest absolute Gasteiger partial charge is 0.491 e. The number of thiophene rings is 1. The van der Waals surface area contributed by atoms with Gasteiger partial charge in [-0.2, -0.15) is 0 Å². The molecule has 0 aliphatic heterocycles. The fourth-order valence-electron chi connectivity index (χ4n) is 1.70. The average molecular weight is 296 g/mol. The second-order valence-corrected chi connectivity index (χ2v) is 5.50. The van der Waals surface area contributed by atoms with Gasteiger partial charge in [-0.3, -0.25) is 0 Å². The summed E-state index contributed by atoms with van der Waals surface area (Å²) < 4.78 is 23.8. The Bertz CT molecular complexity index is 528.